The maximum atomic E-state index is 13.2. The first-order valence-corrected chi connectivity index (χ1v) is 11.0. The molecule has 1 saturated heterocycles. The number of sulfonamides is 1. The van der Waals surface area contributed by atoms with Gasteiger partial charge >= 0.3 is 12.1 Å². The lowest BCUT2D eigenvalue weighted by Gasteiger charge is -2.30. The fourth-order valence-corrected chi connectivity index (χ4v) is 5.07. The van der Waals surface area contributed by atoms with E-state index in [-0.39, 0.29) is 25.9 Å². The Labute approximate surface area is 173 Å². The average Bonchev–Trinajstić information content (AvgIpc) is 2.74. The van der Waals surface area contributed by atoms with E-state index in [1.807, 2.05) is 19.1 Å². The first-order chi connectivity index (χ1) is 14.1. The van der Waals surface area contributed by atoms with E-state index in [1.54, 1.807) is 12.1 Å². The molecule has 3 rings (SSSR count). The Morgan fingerprint density at radius 3 is 2.23 bits per heavy atom. The Kier molecular flexibility index (Phi) is 6.52. The van der Waals surface area contributed by atoms with Gasteiger partial charge in [0.05, 0.1) is 16.4 Å². The van der Waals surface area contributed by atoms with Crippen molar-refractivity contribution in [1.82, 2.24) is 4.31 Å². The van der Waals surface area contributed by atoms with Crippen molar-refractivity contribution in [3.8, 4) is 5.75 Å². The zero-order valence-corrected chi connectivity index (χ0v) is 17.2. The van der Waals surface area contributed by atoms with Crippen LogP contribution < -0.4 is 4.74 Å². The molecule has 2 aromatic carbocycles. The molecule has 0 saturated carbocycles. The Morgan fingerprint density at radius 2 is 1.67 bits per heavy atom. The van der Waals surface area contributed by atoms with Gasteiger partial charge in [0.2, 0.25) is 10.0 Å². The SMILES string of the molecule is CCc1ccc(OC(=O)C2CCN(S(=O)(=O)c3ccccc3C(F)(F)F)CC2)cc1. The van der Waals surface area contributed by atoms with Crippen LogP contribution in [0.15, 0.2) is 53.4 Å². The lowest BCUT2D eigenvalue weighted by molar-refractivity contribution is -0.140. The van der Waals surface area contributed by atoms with Gasteiger partial charge in [0.15, 0.2) is 0 Å². The van der Waals surface area contributed by atoms with Crippen molar-refractivity contribution in [2.24, 2.45) is 5.92 Å². The third kappa shape index (κ3) is 4.84. The molecule has 0 aromatic heterocycles. The number of aryl methyl sites for hydroxylation is 1. The van der Waals surface area contributed by atoms with Crippen molar-refractivity contribution in [2.75, 3.05) is 13.1 Å². The smallest absolute Gasteiger partial charge is 0.417 e. The van der Waals surface area contributed by atoms with Gasteiger partial charge in [-0.3, -0.25) is 4.79 Å². The van der Waals surface area contributed by atoms with E-state index in [9.17, 15) is 26.4 Å². The number of benzene rings is 2. The molecule has 0 amide bonds. The number of halogens is 3. The van der Waals surface area contributed by atoms with Crippen LogP contribution in [0.25, 0.3) is 0 Å². The topological polar surface area (TPSA) is 63.7 Å². The van der Waals surface area contributed by atoms with Crippen molar-refractivity contribution in [3.63, 3.8) is 0 Å². The maximum absolute atomic E-state index is 13.2. The number of hydrogen-bond acceptors (Lipinski definition) is 4. The highest BCUT2D eigenvalue weighted by Crippen LogP contribution is 2.36. The van der Waals surface area contributed by atoms with E-state index in [4.69, 9.17) is 4.74 Å². The van der Waals surface area contributed by atoms with E-state index in [0.29, 0.717) is 5.75 Å². The molecule has 30 heavy (non-hydrogen) atoms. The van der Waals surface area contributed by atoms with E-state index >= 15 is 0 Å². The fraction of sp³-hybridized carbons (Fsp3) is 0.381. The Balaban J connectivity index is 1.67. The number of carbonyl (C=O) groups is 1. The number of ether oxygens (including phenoxy) is 1. The van der Waals surface area contributed by atoms with E-state index in [0.717, 1.165) is 34.5 Å². The lowest BCUT2D eigenvalue weighted by atomic mass is 9.98. The van der Waals surface area contributed by atoms with Gasteiger partial charge in [-0.2, -0.15) is 17.5 Å². The van der Waals surface area contributed by atoms with Gasteiger partial charge in [-0.05, 0) is 49.1 Å². The van der Waals surface area contributed by atoms with E-state index in [1.165, 1.54) is 6.07 Å². The normalized spacial score (nSPS) is 16.4. The number of piperidine rings is 1. The molecule has 0 radical (unpaired) electrons. The number of carbonyl (C=O) groups excluding carboxylic acids is 1. The third-order valence-electron chi connectivity index (χ3n) is 5.15. The molecular formula is C21H22F3NO4S. The summed E-state index contributed by atoms with van der Waals surface area (Å²) in [4.78, 5) is 11.6. The summed E-state index contributed by atoms with van der Waals surface area (Å²) in [5, 5.41) is 0. The quantitative estimate of drug-likeness (QED) is 0.513. The van der Waals surface area contributed by atoms with Gasteiger partial charge in [-0.25, -0.2) is 8.42 Å². The minimum Gasteiger partial charge on any atom is -0.426 e. The van der Waals surface area contributed by atoms with Crippen LogP contribution in [0.2, 0.25) is 0 Å². The van der Waals surface area contributed by atoms with Crippen LogP contribution >= 0.6 is 0 Å². The first-order valence-electron chi connectivity index (χ1n) is 9.60. The second kappa shape index (κ2) is 8.77. The summed E-state index contributed by atoms with van der Waals surface area (Å²) in [6.45, 7) is 1.90. The highest BCUT2D eigenvalue weighted by atomic mass is 32.2. The molecular weight excluding hydrogens is 419 g/mol. The van der Waals surface area contributed by atoms with Crippen LogP contribution in [0.5, 0.6) is 5.75 Å². The number of rotatable bonds is 5. The number of esters is 1. The van der Waals surface area contributed by atoms with Crippen LogP contribution in [-0.4, -0.2) is 31.8 Å². The molecule has 0 spiro atoms. The van der Waals surface area contributed by atoms with Gasteiger partial charge in [0, 0.05) is 13.1 Å². The number of alkyl halides is 3. The van der Waals surface area contributed by atoms with Crippen molar-refractivity contribution in [1.29, 1.82) is 0 Å². The van der Waals surface area contributed by atoms with Gasteiger partial charge in [0.1, 0.15) is 5.75 Å². The van der Waals surface area contributed by atoms with Gasteiger partial charge < -0.3 is 4.74 Å². The van der Waals surface area contributed by atoms with Crippen molar-refractivity contribution >= 4 is 16.0 Å². The van der Waals surface area contributed by atoms with Crippen LogP contribution in [0.1, 0.15) is 30.9 Å². The Morgan fingerprint density at radius 1 is 1.07 bits per heavy atom. The minimum atomic E-state index is -4.78. The van der Waals surface area contributed by atoms with Crippen molar-refractivity contribution in [3.05, 3.63) is 59.7 Å². The Hall–Kier alpha value is -2.39. The predicted octanol–water partition coefficient (Wildman–Crippen LogP) is 4.27. The highest BCUT2D eigenvalue weighted by Gasteiger charge is 2.40. The zero-order chi connectivity index (χ0) is 21.9. The minimum absolute atomic E-state index is 0.0525. The van der Waals surface area contributed by atoms with Crippen molar-refractivity contribution < 1.29 is 31.1 Å². The summed E-state index contributed by atoms with van der Waals surface area (Å²) in [6, 6.07) is 11.2. The molecule has 0 atom stereocenters. The maximum Gasteiger partial charge on any atom is 0.417 e. The summed E-state index contributed by atoms with van der Waals surface area (Å²) in [5.41, 5.74) is -0.0884. The van der Waals surface area contributed by atoms with Gasteiger partial charge in [-0.1, -0.05) is 31.2 Å². The largest absolute Gasteiger partial charge is 0.426 e. The Bertz CT molecular complexity index is 996. The monoisotopic (exact) mass is 441 g/mol. The molecule has 1 aliphatic heterocycles. The average molecular weight is 441 g/mol. The molecule has 1 heterocycles. The highest BCUT2D eigenvalue weighted by molar-refractivity contribution is 7.89. The van der Waals surface area contributed by atoms with Crippen molar-refractivity contribution in [2.45, 2.75) is 37.3 Å². The fourth-order valence-electron chi connectivity index (χ4n) is 3.39. The molecule has 2 aromatic rings. The zero-order valence-electron chi connectivity index (χ0n) is 16.4. The van der Waals surface area contributed by atoms with Crippen LogP contribution in [-0.2, 0) is 27.4 Å². The summed E-state index contributed by atoms with van der Waals surface area (Å²) in [6.07, 6.45) is -3.56. The molecule has 1 aliphatic rings. The summed E-state index contributed by atoms with van der Waals surface area (Å²) in [5.74, 6) is -0.571. The molecule has 0 N–H and O–H groups in total. The van der Waals surface area contributed by atoms with Gasteiger partial charge in [-0.15, -0.1) is 0 Å². The lowest BCUT2D eigenvalue weighted by Crippen LogP contribution is -2.41. The molecule has 5 nitrogen and oxygen atoms in total. The van der Waals surface area contributed by atoms with E-state index in [2.05, 4.69) is 0 Å². The predicted molar refractivity (Wildman–Crippen MR) is 104 cm³/mol. The standard InChI is InChI=1S/C21H22F3NO4S/c1-2-15-7-9-17(10-8-15)29-20(26)16-11-13-25(14-12-16)30(27,28)19-6-4-3-5-18(19)21(22,23)24/h3-10,16H,2,11-14H2,1H3. The molecule has 0 unspecified atom stereocenters. The van der Waals surface area contributed by atoms with Crippen LogP contribution in [0.4, 0.5) is 13.2 Å². The molecule has 162 valence electrons. The van der Waals surface area contributed by atoms with Crippen LogP contribution in [0.3, 0.4) is 0 Å². The molecule has 0 aliphatic carbocycles. The third-order valence-corrected chi connectivity index (χ3v) is 7.10. The van der Waals surface area contributed by atoms with Crippen LogP contribution in [0, 0.1) is 5.92 Å². The first kappa shape index (κ1) is 22.3. The molecule has 0 bridgehead atoms. The number of nitrogens with zero attached hydrogens (tertiary/aromatic N) is 1. The number of hydrogen-bond donors (Lipinski definition) is 0. The second-order valence-corrected chi connectivity index (χ2v) is 9.00. The summed E-state index contributed by atoms with van der Waals surface area (Å²) in [7, 11) is -4.33. The van der Waals surface area contributed by atoms with Gasteiger partial charge in [0.25, 0.3) is 0 Å². The van der Waals surface area contributed by atoms with E-state index < -0.39 is 38.5 Å². The molecule has 1 fully saturated rings. The second-order valence-electron chi connectivity index (χ2n) is 7.09. The summed E-state index contributed by atoms with van der Waals surface area (Å²) >= 11 is 0. The summed E-state index contributed by atoms with van der Waals surface area (Å²) < 4.78 is 71.6. The molecule has 9 heteroatoms.